The zero-order chi connectivity index (χ0) is 24.7. The summed E-state index contributed by atoms with van der Waals surface area (Å²) in [6, 6.07) is 0. The molecule has 0 aromatic heterocycles. The smallest absolute Gasteiger partial charge is 0.310 e. The van der Waals surface area contributed by atoms with Crippen molar-refractivity contribution in [1.82, 2.24) is 0 Å². The van der Waals surface area contributed by atoms with E-state index in [1.165, 1.54) is 51.4 Å². The highest BCUT2D eigenvalue weighted by atomic mass is 16.5. The molecule has 1 saturated carbocycles. The first-order chi connectivity index (χ1) is 15.6. The van der Waals surface area contributed by atoms with Gasteiger partial charge in [-0.25, -0.2) is 0 Å². The van der Waals surface area contributed by atoms with Gasteiger partial charge < -0.3 is 9.84 Å². The standard InChI is InChI=1S/C29H54O4/c1-6-7-8-9-10-11-12-13-14-17-24(21-20-23(2)22-29(3,4)5)33-28(32)26-19-16-15-18-25(26)27(30)31/h23-26H,6-22H2,1-5H3,(H,30,31). The van der Waals surface area contributed by atoms with Gasteiger partial charge in [-0.3, -0.25) is 9.59 Å². The zero-order valence-corrected chi connectivity index (χ0v) is 22.5. The van der Waals surface area contributed by atoms with Crippen LogP contribution in [0.5, 0.6) is 0 Å². The quantitative estimate of drug-likeness (QED) is 0.172. The van der Waals surface area contributed by atoms with Gasteiger partial charge in [-0.2, -0.15) is 0 Å². The van der Waals surface area contributed by atoms with Crippen LogP contribution in [0.25, 0.3) is 0 Å². The second-order valence-corrected chi connectivity index (χ2v) is 12.0. The molecule has 0 spiro atoms. The number of rotatable bonds is 17. The molecule has 0 bridgehead atoms. The molecule has 1 aliphatic rings. The molecule has 1 aliphatic carbocycles. The Balaban J connectivity index is 2.52. The molecule has 1 N–H and O–H groups in total. The van der Waals surface area contributed by atoms with Crippen molar-refractivity contribution in [3.8, 4) is 0 Å². The normalized spacial score (nSPS) is 20.9. The highest BCUT2D eigenvalue weighted by molar-refractivity contribution is 5.81. The highest BCUT2D eigenvalue weighted by Gasteiger charge is 2.37. The molecule has 0 saturated heterocycles. The molecule has 0 aromatic carbocycles. The summed E-state index contributed by atoms with van der Waals surface area (Å²) in [5.41, 5.74) is 0.305. The number of carbonyl (C=O) groups excluding carboxylic acids is 1. The van der Waals surface area contributed by atoms with Gasteiger partial charge in [0.25, 0.3) is 0 Å². The Morgan fingerprint density at radius 2 is 1.39 bits per heavy atom. The Morgan fingerprint density at radius 1 is 0.848 bits per heavy atom. The third-order valence-corrected chi connectivity index (χ3v) is 7.24. The van der Waals surface area contributed by atoms with Crippen LogP contribution >= 0.6 is 0 Å². The Kier molecular flexibility index (Phi) is 15.0. The van der Waals surface area contributed by atoms with E-state index in [9.17, 15) is 14.7 Å². The van der Waals surface area contributed by atoms with Crippen LogP contribution < -0.4 is 0 Å². The van der Waals surface area contributed by atoms with E-state index >= 15 is 0 Å². The van der Waals surface area contributed by atoms with E-state index in [0.717, 1.165) is 44.9 Å². The molecule has 33 heavy (non-hydrogen) atoms. The van der Waals surface area contributed by atoms with E-state index in [0.29, 0.717) is 24.2 Å². The van der Waals surface area contributed by atoms with Gasteiger partial charge in [-0.1, -0.05) is 98.8 Å². The van der Waals surface area contributed by atoms with Crippen LogP contribution in [0.2, 0.25) is 0 Å². The van der Waals surface area contributed by atoms with E-state index in [1.54, 1.807) is 0 Å². The van der Waals surface area contributed by atoms with Gasteiger partial charge in [0.2, 0.25) is 0 Å². The summed E-state index contributed by atoms with van der Waals surface area (Å²) in [7, 11) is 0. The van der Waals surface area contributed by atoms with Gasteiger partial charge in [-0.15, -0.1) is 0 Å². The lowest BCUT2D eigenvalue weighted by Gasteiger charge is -2.29. The van der Waals surface area contributed by atoms with Crippen molar-refractivity contribution < 1.29 is 19.4 Å². The maximum atomic E-state index is 13.0. The van der Waals surface area contributed by atoms with Gasteiger partial charge in [0.05, 0.1) is 11.8 Å². The SMILES string of the molecule is CCCCCCCCCCCC(CCC(C)CC(C)(C)C)OC(=O)C1CCCCC1C(=O)O. The molecule has 0 amide bonds. The number of hydrogen-bond donors (Lipinski definition) is 1. The number of unbranched alkanes of at least 4 members (excludes halogenated alkanes) is 8. The summed E-state index contributed by atoms with van der Waals surface area (Å²) in [6.45, 7) is 11.4. The van der Waals surface area contributed by atoms with Crippen molar-refractivity contribution in [3.63, 3.8) is 0 Å². The predicted octanol–water partition coefficient (Wildman–Crippen LogP) is 8.56. The number of carboxylic acids is 1. The second kappa shape index (κ2) is 16.5. The van der Waals surface area contributed by atoms with E-state index in [2.05, 4.69) is 34.6 Å². The molecule has 194 valence electrons. The summed E-state index contributed by atoms with van der Waals surface area (Å²) in [6.07, 6.45) is 18.6. The number of carbonyl (C=O) groups is 2. The molecule has 0 aromatic rings. The first kappa shape index (κ1) is 30.0. The zero-order valence-electron chi connectivity index (χ0n) is 22.5. The highest BCUT2D eigenvalue weighted by Crippen LogP contribution is 2.33. The van der Waals surface area contributed by atoms with Gasteiger partial charge in [0, 0.05) is 0 Å². The van der Waals surface area contributed by atoms with Gasteiger partial charge >= 0.3 is 11.9 Å². The number of ether oxygens (including phenoxy) is 1. The summed E-state index contributed by atoms with van der Waals surface area (Å²) < 4.78 is 6.02. The molecule has 1 rings (SSSR count). The van der Waals surface area contributed by atoms with E-state index in [1.807, 2.05) is 0 Å². The first-order valence-electron chi connectivity index (χ1n) is 14.1. The number of esters is 1. The predicted molar refractivity (Wildman–Crippen MR) is 137 cm³/mol. The third-order valence-electron chi connectivity index (χ3n) is 7.24. The van der Waals surface area contributed by atoms with Crippen molar-refractivity contribution in [1.29, 1.82) is 0 Å². The van der Waals surface area contributed by atoms with Gasteiger partial charge in [0.1, 0.15) is 6.10 Å². The topological polar surface area (TPSA) is 63.6 Å². The molecule has 4 unspecified atom stereocenters. The Bertz CT molecular complexity index is 536. The van der Waals surface area contributed by atoms with Crippen LogP contribution in [0.3, 0.4) is 0 Å². The summed E-state index contributed by atoms with van der Waals surface area (Å²) in [5, 5.41) is 9.56. The fraction of sp³-hybridized carbons (Fsp3) is 0.931. The maximum Gasteiger partial charge on any atom is 0.310 e. The Morgan fingerprint density at radius 3 is 1.94 bits per heavy atom. The van der Waals surface area contributed by atoms with Crippen molar-refractivity contribution in [2.75, 3.05) is 0 Å². The number of hydrogen-bond acceptors (Lipinski definition) is 3. The van der Waals surface area contributed by atoms with Crippen LogP contribution in [0.4, 0.5) is 0 Å². The lowest BCUT2D eigenvalue weighted by Crippen LogP contribution is -2.35. The maximum absolute atomic E-state index is 13.0. The summed E-state index contributed by atoms with van der Waals surface area (Å²) in [4.78, 5) is 24.6. The molecule has 4 atom stereocenters. The average molecular weight is 467 g/mol. The minimum Gasteiger partial charge on any atom is -0.481 e. The minimum atomic E-state index is -0.842. The largest absolute Gasteiger partial charge is 0.481 e. The molecule has 0 radical (unpaired) electrons. The van der Waals surface area contributed by atoms with Gasteiger partial charge in [-0.05, 0) is 56.3 Å². The molecular weight excluding hydrogens is 412 g/mol. The monoisotopic (exact) mass is 466 g/mol. The van der Waals surface area contributed by atoms with Crippen molar-refractivity contribution >= 4 is 11.9 Å². The second-order valence-electron chi connectivity index (χ2n) is 12.0. The summed E-state index contributed by atoms with van der Waals surface area (Å²) >= 11 is 0. The van der Waals surface area contributed by atoms with E-state index in [4.69, 9.17) is 4.74 Å². The molecule has 1 fully saturated rings. The van der Waals surface area contributed by atoms with Crippen LogP contribution in [-0.2, 0) is 14.3 Å². The summed E-state index contributed by atoms with van der Waals surface area (Å²) in [5.74, 6) is -1.54. The number of carboxylic acid groups (broad SMARTS) is 1. The lowest BCUT2D eigenvalue weighted by molar-refractivity contribution is -0.164. The van der Waals surface area contributed by atoms with E-state index in [-0.39, 0.29) is 12.1 Å². The van der Waals surface area contributed by atoms with Crippen molar-refractivity contribution in [2.24, 2.45) is 23.2 Å². The van der Waals surface area contributed by atoms with E-state index < -0.39 is 17.8 Å². The molecule has 4 heteroatoms. The minimum absolute atomic E-state index is 0.0687. The molecule has 4 nitrogen and oxygen atoms in total. The third kappa shape index (κ3) is 14.1. The fourth-order valence-corrected chi connectivity index (χ4v) is 5.52. The molecule has 0 heterocycles. The lowest BCUT2D eigenvalue weighted by atomic mass is 9.79. The number of aliphatic carboxylic acids is 1. The Hall–Kier alpha value is -1.06. The van der Waals surface area contributed by atoms with Gasteiger partial charge in [0.15, 0.2) is 0 Å². The molecular formula is C29H54O4. The molecule has 0 aliphatic heterocycles. The Labute approximate surface area is 204 Å². The fourth-order valence-electron chi connectivity index (χ4n) is 5.52. The van der Waals surface area contributed by atoms with Crippen LogP contribution in [0.1, 0.15) is 144 Å². The van der Waals surface area contributed by atoms with Crippen LogP contribution in [0.15, 0.2) is 0 Å². The van der Waals surface area contributed by atoms with Crippen LogP contribution in [0, 0.1) is 23.2 Å². The van der Waals surface area contributed by atoms with Crippen molar-refractivity contribution in [2.45, 2.75) is 150 Å². The average Bonchev–Trinajstić information content (AvgIpc) is 2.74. The van der Waals surface area contributed by atoms with Crippen molar-refractivity contribution in [3.05, 3.63) is 0 Å². The first-order valence-corrected chi connectivity index (χ1v) is 14.1. The van der Waals surface area contributed by atoms with Crippen LogP contribution in [-0.4, -0.2) is 23.1 Å².